The third kappa shape index (κ3) is 3.27. The maximum Gasteiger partial charge on any atom is 0.427 e. The van der Waals surface area contributed by atoms with Crippen LogP contribution in [-0.4, -0.2) is 24.2 Å². The molecule has 0 radical (unpaired) electrons. The van der Waals surface area contributed by atoms with Crippen molar-refractivity contribution in [2.75, 3.05) is 6.61 Å². The Morgan fingerprint density at radius 2 is 1.91 bits per heavy atom. The lowest BCUT2D eigenvalue weighted by atomic mass is 9.44. The van der Waals surface area contributed by atoms with Gasteiger partial charge in [0.1, 0.15) is 5.78 Å². The third-order valence-electron chi connectivity index (χ3n) is 11.2. The van der Waals surface area contributed by atoms with E-state index in [0.717, 1.165) is 37.3 Å². The summed E-state index contributed by atoms with van der Waals surface area (Å²) in [6.07, 6.45) is 14.8. The Balaban J connectivity index is 1.40. The van der Waals surface area contributed by atoms with Gasteiger partial charge in [0, 0.05) is 5.41 Å². The molecule has 5 nitrogen and oxygen atoms in total. The minimum absolute atomic E-state index is 0.0525. The number of nitrogens with zero attached hydrogens (tertiary/aromatic N) is 1. The number of carbonyl (C=O) groups excluding carboxylic acids is 2. The lowest BCUT2D eigenvalue weighted by Gasteiger charge is -2.60. The Morgan fingerprint density at radius 3 is 2.67 bits per heavy atom. The number of ether oxygens (including phenoxy) is 1. The maximum atomic E-state index is 13.2. The molecule has 0 heterocycles. The zero-order valence-corrected chi connectivity index (χ0v) is 21.0. The summed E-state index contributed by atoms with van der Waals surface area (Å²) in [4.78, 5) is 24.9. The van der Waals surface area contributed by atoms with E-state index in [1.165, 1.54) is 50.5 Å². The van der Waals surface area contributed by atoms with Crippen LogP contribution in [0.25, 0.3) is 0 Å². The van der Waals surface area contributed by atoms with Gasteiger partial charge in [0.15, 0.2) is 0 Å². The predicted octanol–water partition coefficient (Wildman–Crippen LogP) is 6.43. The predicted molar refractivity (Wildman–Crippen MR) is 130 cm³/mol. The molecule has 0 spiro atoms. The summed E-state index contributed by atoms with van der Waals surface area (Å²) < 4.78 is 4.94. The SMILES string of the molecule is CCOC(=O)N/N=C1\C=C2CC[C@H]3[C@H](CC[C@@]4(C)[C@H]3C[C@@H]3CCCC[C@]34C(C)=O)[C@@]2(C)CC1. The molecule has 33 heavy (non-hydrogen) atoms. The normalized spacial score (nSPS) is 45.2. The van der Waals surface area contributed by atoms with Gasteiger partial charge in [-0.05, 0) is 112 Å². The van der Waals surface area contributed by atoms with Crippen LogP contribution in [0.5, 0.6) is 0 Å². The van der Waals surface area contributed by atoms with Crippen LogP contribution in [0.4, 0.5) is 4.79 Å². The number of ketones is 1. The van der Waals surface area contributed by atoms with Crippen LogP contribution >= 0.6 is 0 Å². The van der Waals surface area contributed by atoms with Crippen molar-refractivity contribution in [1.82, 2.24) is 5.43 Å². The highest BCUT2D eigenvalue weighted by molar-refractivity contribution is 5.97. The molecule has 5 rings (SSSR count). The molecule has 0 saturated heterocycles. The largest absolute Gasteiger partial charge is 0.449 e. The standard InChI is InChI=1S/C28H42N2O3/c1-5-33-25(32)30-29-21-11-14-26(3)19(16-21)9-10-22-23(26)12-15-27(4)24(22)17-20-8-6-7-13-28(20,27)18(2)31/h16,20,22-24H,5-15,17H2,1-4H3,(H,30,32)/b29-21-/t20-,22-,23-,24-,26-,27-,28-/m0/s1. The van der Waals surface area contributed by atoms with Gasteiger partial charge in [-0.2, -0.15) is 5.10 Å². The van der Waals surface area contributed by atoms with Gasteiger partial charge in [-0.15, -0.1) is 0 Å². The second kappa shape index (κ2) is 8.23. The van der Waals surface area contributed by atoms with Crippen LogP contribution in [0, 0.1) is 39.9 Å². The van der Waals surface area contributed by atoms with Crippen molar-refractivity contribution in [3.05, 3.63) is 11.6 Å². The van der Waals surface area contributed by atoms with E-state index in [0.29, 0.717) is 30.1 Å². The van der Waals surface area contributed by atoms with Gasteiger partial charge in [0.05, 0.1) is 12.3 Å². The average Bonchev–Trinajstić information content (AvgIpc) is 3.08. The minimum atomic E-state index is -0.478. The first-order valence-electron chi connectivity index (χ1n) is 13.5. The van der Waals surface area contributed by atoms with Crippen molar-refractivity contribution >= 4 is 17.6 Å². The van der Waals surface area contributed by atoms with E-state index in [9.17, 15) is 9.59 Å². The fourth-order valence-corrected chi connectivity index (χ4v) is 9.74. The Labute approximate surface area is 199 Å². The molecule has 7 atom stereocenters. The second-order valence-electron chi connectivity index (χ2n) is 12.1. The zero-order chi connectivity index (χ0) is 23.4. The molecule has 0 bridgehead atoms. The average molecular weight is 455 g/mol. The first-order chi connectivity index (χ1) is 15.8. The van der Waals surface area contributed by atoms with Gasteiger partial charge in [-0.25, -0.2) is 10.2 Å². The smallest absolute Gasteiger partial charge is 0.427 e. The van der Waals surface area contributed by atoms with Gasteiger partial charge < -0.3 is 4.74 Å². The van der Waals surface area contributed by atoms with E-state index in [-0.39, 0.29) is 16.2 Å². The van der Waals surface area contributed by atoms with Crippen molar-refractivity contribution in [3.63, 3.8) is 0 Å². The summed E-state index contributed by atoms with van der Waals surface area (Å²) >= 11 is 0. The first-order valence-corrected chi connectivity index (χ1v) is 13.5. The fraction of sp³-hybridized carbons (Fsp3) is 0.821. The van der Waals surface area contributed by atoms with Crippen LogP contribution in [0.3, 0.4) is 0 Å². The molecule has 182 valence electrons. The molecule has 4 saturated carbocycles. The summed E-state index contributed by atoms with van der Waals surface area (Å²) in [5.74, 6) is 3.25. The van der Waals surface area contributed by atoms with E-state index < -0.39 is 6.09 Å². The molecule has 4 fully saturated rings. The Hall–Kier alpha value is -1.65. The van der Waals surface area contributed by atoms with E-state index in [2.05, 4.69) is 30.5 Å². The topological polar surface area (TPSA) is 67.8 Å². The molecule has 0 aromatic rings. The number of hydrogen-bond donors (Lipinski definition) is 1. The fourth-order valence-electron chi connectivity index (χ4n) is 9.74. The summed E-state index contributed by atoms with van der Waals surface area (Å²) in [6, 6.07) is 0. The van der Waals surface area contributed by atoms with Crippen molar-refractivity contribution in [2.45, 2.75) is 98.3 Å². The van der Waals surface area contributed by atoms with Gasteiger partial charge in [0.2, 0.25) is 0 Å². The zero-order valence-electron chi connectivity index (χ0n) is 21.0. The second-order valence-corrected chi connectivity index (χ2v) is 12.1. The van der Waals surface area contributed by atoms with Gasteiger partial charge >= 0.3 is 6.09 Å². The van der Waals surface area contributed by atoms with E-state index in [1.54, 1.807) is 6.92 Å². The molecule has 1 amide bonds. The van der Waals surface area contributed by atoms with Crippen LogP contribution < -0.4 is 5.43 Å². The number of allylic oxidation sites excluding steroid dienone is 2. The number of hydrazone groups is 1. The van der Waals surface area contributed by atoms with Crippen molar-refractivity contribution in [2.24, 2.45) is 45.0 Å². The minimum Gasteiger partial charge on any atom is -0.449 e. The maximum absolute atomic E-state index is 13.2. The van der Waals surface area contributed by atoms with Gasteiger partial charge in [-0.1, -0.05) is 32.3 Å². The van der Waals surface area contributed by atoms with E-state index in [1.807, 2.05) is 6.92 Å². The van der Waals surface area contributed by atoms with E-state index in [4.69, 9.17) is 4.74 Å². The van der Waals surface area contributed by atoms with Crippen LogP contribution in [0.2, 0.25) is 0 Å². The van der Waals surface area contributed by atoms with Crippen LogP contribution in [0.1, 0.15) is 98.3 Å². The number of carbonyl (C=O) groups is 2. The molecular weight excluding hydrogens is 412 g/mol. The summed E-state index contributed by atoms with van der Waals surface area (Å²) in [7, 11) is 0. The number of rotatable bonds is 3. The molecular formula is C28H42N2O3. The molecule has 0 aliphatic heterocycles. The van der Waals surface area contributed by atoms with Crippen molar-refractivity contribution < 1.29 is 14.3 Å². The highest BCUT2D eigenvalue weighted by Crippen LogP contribution is 2.74. The molecule has 1 N–H and O–H groups in total. The number of fused-ring (bicyclic) bond motifs is 7. The first kappa shape index (κ1) is 23.1. The molecule has 0 aromatic carbocycles. The van der Waals surface area contributed by atoms with Crippen LogP contribution in [0.15, 0.2) is 16.8 Å². The number of nitrogens with one attached hydrogen (secondary N) is 1. The lowest BCUT2D eigenvalue weighted by molar-refractivity contribution is -0.147. The Morgan fingerprint density at radius 1 is 1.09 bits per heavy atom. The molecule has 0 aromatic heterocycles. The summed E-state index contributed by atoms with van der Waals surface area (Å²) in [5.41, 5.74) is 5.41. The van der Waals surface area contributed by atoms with E-state index >= 15 is 0 Å². The lowest BCUT2D eigenvalue weighted by Crippen LogP contribution is -2.55. The molecule has 5 heteroatoms. The number of amides is 1. The summed E-state index contributed by atoms with van der Waals surface area (Å²) in [6.45, 7) is 9.07. The molecule has 5 aliphatic carbocycles. The highest BCUT2D eigenvalue weighted by Gasteiger charge is 2.69. The summed E-state index contributed by atoms with van der Waals surface area (Å²) in [5, 5.41) is 4.35. The molecule has 0 unspecified atom stereocenters. The highest BCUT2D eigenvalue weighted by atomic mass is 16.5. The van der Waals surface area contributed by atoms with Gasteiger partial charge in [0.25, 0.3) is 0 Å². The van der Waals surface area contributed by atoms with Gasteiger partial charge in [-0.3, -0.25) is 4.79 Å². The van der Waals surface area contributed by atoms with Crippen LogP contribution in [-0.2, 0) is 9.53 Å². The number of hydrogen-bond acceptors (Lipinski definition) is 4. The monoisotopic (exact) mass is 454 g/mol. The quantitative estimate of drug-likeness (QED) is 0.500. The van der Waals surface area contributed by atoms with Crippen molar-refractivity contribution in [3.8, 4) is 0 Å². The Bertz CT molecular complexity index is 894. The molecule has 5 aliphatic rings. The third-order valence-corrected chi connectivity index (χ3v) is 11.2. The van der Waals surface area contributed by atoms with Crippen molar-refractivity contribution in [1.29, 1.82) is 0 Å². The Kier molecular flexibility index (Phi) is 5.77. The number of Topliss-reactive ketones (excluding diaryl/α,β-unsaturated/α-hetero) is 1.